The van der Waals surface area contributed by atoms with Gasteiger partial charge in [0.2, 0.25) is 10.3 Å². The largest absolute Gasteiger partial charge is 0.497 e. The molecule has 12 heteroatoms. The zero-order valence-electron chi connectivity index (χ0n) is 18.2. The van der Waals surface area contributed by atoms with Gasteiger partial charge in [0.1, 0.15) is 28.9 Å². The Labute approximate surface area is 198 Å². The molecule has 0 spiro atoms. The van der Waals surface area contributed by atoms with Crippen LogP contribution in [0.4, 0.5) is 16.0 Å². The van der Waals surface area contributed by atoms with Crippen molar-refractivity contribution >= 4 is 39.3 Å². The molecule has 0 unspecified atom stereocenters. The summed E-state index contributed by atoms with van der Waals surface area (Å²) in [5.74, 6) is 0.0922. The van der Waals surface area contributed by atoms with Crippen molar-refractivity contribution in [3.8, 4) is 23.1 Å². The number of methoxy groups -OCH3 is 1. The fourth-order valence-electron chi connectivity index (χ4n) is 3.51. The normalized spacial score (nSPS) is 13.9. The molecule has 1 aliphatic heterocycles. The number of nitrogens with one attached hydrogen (secondary N) is 1. The van der Waals surface area contributed by atoms with Crippen LogP contribution in [-0.2, 0) is 4.79 Å². The molecular weight excluding hydrogens is 460 g/mol. The number of anilines is 2. The Kier molecular flexibility index (Phi) is 6.84. The van der Waals surface area contributed by atoms with Gasteiger partial charge in [0.15, 0.2) is 0 Å². The molecular formula is C22H20N6O5S. The van der Waals surface area contributed by atoms with Crippen LogP contribution in [0.3, 0.4) is 0 Å². The highest BCUT2D eigenvalue weighted by Crippen LogP contribution is 2.34. The molecule has 0 saturated carbocycles. The van der Waals surface area contributed by atoms with Gasteiger partial charge in [-0.25, -0.2) is 0 Å². The second-order valence-electron chi connectivity index (χ2n) is 7.40. The van der Waals surface area contributed by atoms with Gasteiger partial charge in [0.05, 0.1) is 23.7 Å². The summed E-state index contributed by atoms with van der Waals surface area (Å²) in [6.45, 7) is 1.80. The number of hydrogen-bond acceptors (Lipinski definition) is 10. The molecule has 1 N–H and O–H groups in total. The quantitative estimate of drug-likeness (QED) is 0.227. The van der Waals surface area contributed by atoms with E-state index >= 15 is 0 Å². The maximum absolute atomic E-state index is 12.6. The summed E-state index contributed by atoms with van der Waals surface area (Å²) in [4.78, 5) is 25.6. The number of carbonyl (C=O) groups excluding carboxylic acids is 1. The molecule has 2 aromatic heterocycles. The highest BCUT2D eigenvalue weighted by atomic mass is 32.1. The Bertz CT molecular complexity index is 1280. The van der Waals surface area contributed by atoms with Crippen molar-refractivity contribution in [3.05, 3.63) is 51.8 Å². The van der Waals surface area contributed by atoms with Gasteiger partial charge in [0.25, 0.3) is 11.6 Å². The third kappa shape index (κ3) is 5.05. The topological polar surface area (TPSA) is 147 Å². The lowest BCUT2D eigenvalue weighted by Gasteiger charge is -2.25. The fraction of sp³-hybridized carbons (Fsp3) is 0.273. The molecule has 0 bridgehead atoms. The molecule has 0 atom stereocenters. The molecule has 0 radical (unpaired) electrons. The fourth-order valence-corrected chi connectivity index (χ4v) is 4.30. The lowest BCUT2D eigenvalue weighted by Crippen LogP contribution is -2.29. The van der Waals surface area contributed by atoms with Crippen molar-refractivity contribution in [2.24, 2.45) is 0 Å². The molecule has 1 aliphatic rings. The summed E-state index contributed by atoms with van der Waals surface area (Å²) in [6.07, 6.45) is 4.64. The summed E-state index contributed by atoms with van der Waals surface area (Å²) < 4.78 is 10.7. The van der Waals surface area contributed by atoms with Crippen LogP contribution in [0.5, 0.6) is 5.75 Å². The Morgan fingerprint density at radius 3 is 2.79 bits per heavy atom. The third-order valence-electron chi connectivity index (χ3n) is 5.21. The number of rotatable bonds is 7. The molecule has 3 heterocycles. The van der Waals surface area contributed by atoms with Crippen LogP contribution < -0.4 is 15.0 Å². The molecule has 1 fully saturated rings. The first-order valence-electron chi connectivity index (χ1n) is 10.4. The number of nitro benzene ring substituents is 1. The van der Waals surface area contributed by atoms with Gasteiger partial charge in [-0.1, -0.05) is 11.3 Å². The number of piperidine rings is 1. The molecule has 34 heavy (non-hydrogen) atoms. The van der Waals surface area contributed by atoms with E-state index in [1.165, 1.54) is 55.2 Å². The number of carbonyl (C=O) groups is 1. The second kappa shape index (κ2) is 10.1. The number of amides is 1. The van der Waals surface area contributed by atoms with Crippen LogP contribution in [-0.4, -0.2) is 41.2 Å². The third-order valence-corrected chi connectivity index (χ3v) is 6.11. The van der Waals surface area contributed by atoms with Crippen LogP contribution in [0, 0.1) is 21.4 Å². The first-order valence-corrected chi connectivity index (χ1v) is 11.2. The summed E-state index contributed by atoms with van der Waals surface area (Å²) in [5, 5.41) is 32.7. The summed E-state index contributed by atoms with van der Waals surface area (Å²) in [6, 6.07) is 9.28. The Balaban J connectivity index is 1.51. The Morgan fingerprint density at radius 1 is 1.29 bits per heavy atom. The summed E-state index contributed by atoms with van der Waals surface area (Å²) in [7, 11) is 1.42. The SMILES string of the molecule is COc1ccc(-c2ccc(C=C(C#N)C(=O)Nc3nnc(N4CCCCC4)s3)o2)c([N+](=O)[O-])c1. The van der Waals surface area contributed by atoms with Crippen LogP contribution in [0.25, 0.3) is 17.4 Å². The number of nitriles is 1. The molecule has 1 aromatic carbocycles. The molecule has 4 rings (SSSR count). The van der Waals surface area contributed by atoms with E-state index in [9.17, 15) is 20.2 Å². The van der Waals surface area contributed by atoms with Gasteiger partial charge in [0, 0.05) is 19.2 Å². The predicted molar refractivity (Wildman–Crippen MR) is 126 cm³/mol. The molecule has 1 saturated heterocycles. The van der Waals surface area contributed by atoms with Crippen LogP contribution in [0.15, 0.2) is 40.3 Å². The monoisotopic (exact) mass is 480 g/mol. The zero-order valence-corrected chi connectivity index (χ0v) is 19.0. The first-order chi connectivity index (χ1) is 16.5. The predicted octanol–water partition coefficient (Wildman–Crippen LogP) is 4.25. The lowest BCUT2D eigenvalue weighted by atomic mass is 10.1. The molecule has 1 amide bonds. The van der Waals surface area contributed by atoms with Gasteiger partial charge >= 0.3 is 0 Å². The van der Waals surface area contributed by atoms with Gasteiger partial charge in [-0.05, 0) is 43.5 Å². The molecule has 174 valence electrons. The number of ether oxygens (including phenoxy) is 1. The minimum atomic E-state index is -0.655. The maximum Gasteiger partial charge on any atom is 0.284 e. The minimum Gasteiger partial charge on any atom is -0.497 e. The number of nitrogens with zero attached hydrogens (tertiary/aromatic N) is 5. The van der Waals surface area contributed by atoms with Crippen LogP contribution in [0.2, 0.25) is 0 Å². The second-order valence-corrected chi connectivity index (χ2v) is 8.36. The van der Waals surface area contributed by atoms with Crippen molar-refractivity contribution in [3.63, 3.8) is 0 Å². The van der Waals surface area contributed by atoms with Crippen LogP contribution >= 0.6 is 11.3 Å². The number of nitro groups is 1. The van der Waals surface area contributed by atoms with Crippen LogP contribution in [0.1, 0.15) is 25.0 Å². The lowest BCUT2D eigenvalue weighted by molar-refractivity contribution is -0.384. The van der Waals surface area contributed by atoms with E-state index in [-0.39, 0.29) is 28.3 Å². The number of aromatic nitrogens is 2. The highest BCUT2D eigenvalue weighted by molar-refractivity contribution is 7.19. The first kappa shape index (κ1) is 22.9. The maximum atomic E-state index is 12.6. The van der Waals surface area contributed by atoms with E-state index in [2.05, 4.69) is 20.4 Å². The molecule has 3 aromatic rings. The smallest absolute Gasteiger partial charge is 0.284 e. The number of benzene rings is 1. The van der Waals surface area contributed by atoms with Gasteiger partial charge in [-0.3, -0.25) is 20.2 Å². The van der Waals surface area contributed by atoms with Crippen molar-refractivity contribution in [2.75, 3.05) is 30.4 Å². The average Bonchev–Trinajstić information content (AvgIpc) is 3.52. The van der Waals surface area contributed by atoms with E-state index in [4.69, 9.17) is 9.15 Å². The summed E-state index contributed by atoms with van der Waals surface area (Å²) in [5.41, 5.74) is -0.157. The van der Waals surface area contributed by atoms with Crippen molar-refractivity contribution in [2.45, 2.75) is 19.3 Å². The Hall–Kier alpha value is -4.24. The van der Waals surface area contributed by atoms with E-state index in [1.807, 2.05) is 6.07 Å². The molecule has 11 nitrogen and oxygen atoms in total. The van der Waals surface area contributed by atoms with Gasteiger partial charge in [-0.2, -0.15) is 5.26 Å². The number of hydrogen-bond donors (Lipinski definition) is 1. The van der Waals surface area contributed by atoms with E-state index < -0.39 is 10.8 Å². The zero-order chi connectivity index (χ0) is 24.1. The van der Waals surface area contributed by atoms with Crippen molar-refractivity contribution in [1.29, 1.82) is 5.26 Å². The Morgan fingerprint density at radius 2 is 2.09 bits per heavy atom. The standard InChI is InChI=1S/C22H20N6O5S/c1-32-15-5-7-17(18(12-15)28(30)31)19-8-6-16(33-19)11-14(13-23)20(29)24-21-25-26-22(34-21)27-9-3-2-4-10-27/h5-8,11-12H,2-4,9-10H2,1H3,(H,24,25,29). The van der Waals surface area contributed by atoms with Gasteiger partial charge in [-0.15, -0.1) is 10.2 Å². The molecule has 0 aliphatic carbocycles. The summed E-state index contributed by atoms with van der Waals surface area (Å²) >= 11 is 1.25. The van der Waals surface area contributed by atoms with E-state index in [0.717, 1.165) is 31.1 Å². The van der Waals surface area contributed by atoms with Crippen molar-refractivity contribution in [1.82, 2.24) is 10.2 Å². The van der Waals surface area contributed by atoms with E-state index in [1.54, 1.807) is 6.07 Å². The van der Waals surface area contributed by atoms with Gasteiger partial charge < -0.3 is 14.1 Å². The minimum absolute atomic E-state index is 0.191. The number of furan rings is 1. The van der Waals surface area contributed by atoms with E-state index in [0.29, 0.717) is 10.9 Å². The highest BCUT2D eigenvalue weighted by Gasteiger charge is 2.21. The van der Waals surface area contributed by atoms with Crippen molar-refractivity contribution < 1.29 is 18.9 Å². The average molecular weight is 481 g/mol.